The molecule has 1 N–H and O–H groups in total. The van der Waals surface area contributed by atoms with Gasteiger partial charge in [0.15, 0.2) is 0 Å². The fraction of sp³-hybridized carbons (Fsp3) is 0.533. The summed E-state index contributed by atoms with van der Waals surface area (Å²) in [5.74, 6) is 0.736. The van der Waals surface area contributed by atoms with Crippen LogP contribution in [-0.4, -0.2) is 42.2 Å². The molecular formula is C15H23NO3. The SMILES string of the molecule is COc1ccc(C)cc1CC(=O)N(CCO)C(C)C. The molecule has 19 heavy (non-hydrogen) atoms. The lowest BCUT2D eigenvalue weighted by molar-refractivity contribution is -0.132. The summed E-state index contributed by atoms with van der Waals surface area (Å²) in [5.41, 5.74) is 1.98. The zero-order valence-electron chi connectivity index (χ0n) is 12.1. The number of rotatable bonds is 6. The first-order valence-corrected chi connectivity index (χ1v) is 6.53. The van der Waals surface area contributed by atoms with Crippen LogP contribution in [0.2, 0.25) is 0 Å². The second-order valence-corrected chi connectivity index (χ2v) is 4.90. The molecule has 0 heterocycles. The molecule has 1 aromatic rings. The number of amides is 1. The van der Waals surface area contributed by atoms with Crippen LogP contribution in [0.4, 0.5) is 0 Å². The van der Waals surface area contributed by atoms with E-state index < -0.39 is 0 Å². The number of aliphatic hydroxyl groups excluding tert-OH is 1. The van der Waals surface area contributed by atoms with Gasteiger partial charge in [-0.2, -0.15) is 0 Å². The highest BCUT2D eigenvalue weighted by Crippen LogP contribution is 2.21. The summed E-state index contributed by atoms with van der Waals surface area (Å²) in [6.07, 6.45) is 0.295. The second-order valence-electron chi connectivity index (χ2n) is 4.90. The Morgan fingerprint density at radius 3 is 2.63 bits per heavy atom. The van der Waals surface area contributed by atoms with Crippen LogP contribution < -0.4 is 4.74 Å². The Morgan fingerprint density at radius 1 is 1.42 bits per heavy atom. The van der Waals surface area contributed by atoms with Crippen molar-refractivity contribution in [1.82, 2.24) is 4.90 Å². The van der Waals surface area contributed by atoms with E-state index in [0.717, 1.165) is 16.9 Å². The third-order valence-electron chi connectivity index (χ3n) is 3.06. The molecule has 0 atom stereocenters. The average Bonchev–Trinajstić information content (AvgIpc) is 2.35. The Morgan fingerprint density at radius 2 is 2.11 bits per heavy atom. The standard InChI is InChI=1S/C15H23NO3/c1-11(2)16(7-8-17)15(18)10-13-9-12(3)5-6-14(13)19-4/h5-6,9,11,17H,7-8,10H2,1-4H3. The first kappa shape index (κ1) is 15.5. The van der Waals surface area contributed by atoms with E-state index >= 15 is 0 Å². The number of nitrogens with zero attached hydrogens (tertiary/aromatic N) is 1. The molecule has 0 aliphatic carbocycles. The van der Waals surface area contributed by atoms with Crippen LogP contribution in [0, 0.1) is 6.92 Å². The molecule has 0 aromatic heterocycles. The third-order valence-corrected chi connectivity index (χ3v) is 3.06. The Kier molecular flexibility index (Phi) is 5.83. The summed E-state index contributed by atoms with van der Waals surface area (Å²) in [6.45, 7) is 6.23. The maximum Gasteiger partial charge on any atom is 0.227 e. The van der Waals surface area contributed by atoms with Crippen molar-refractivity contribution in [3.05, 3.63) is 29.3 Å². The Hall–Kier alpha value is -1.55. The number of benzene rings is 1. The summed E-state index contributed by atoms with van der Waals surface area (Å²) in [6, 6.07) is 5.88. The minimum absolute atomic E-state index is 0.00736. The number of hydrogen-bond acceptors (Lipinski definition) is 3. The van der Waals surface area contributed by atoms with Gasteiger partial charge in [0.25, 0.3) is 0 Å². The van der Waals surface area contributed by atoms with Crippen molar-refractivity contribution in [2.24, 2.45) is 0 Å². The predicted molar refractivity (Wildman–Crippen MR) is 75.4 cm³/mol. The van der Waals surface area contributed by atoms with Crippen molar-refractivity contribution in [2.45, 2.75) is 33.2 Å². The highest BCUT2D eigenvalue weighted by atomic mass is 16.5. The highest BCUT2D eigenvalue weighted by molar-refractivity contribution is 5.79. The smallest absolute Gasteiger partial charge is 0.227 e. The molecule has 0 fully saturated rings. The van der Waals surface area contributed by atoms with E-state index in [4.69, 9.17) is 9.84 Å². The summed E-state index contributed by atoms with van der Waals surface area (Å²) >= 11 is 0. The molecule has 0 aliphatic heterocycles. The van der Waals surface area contributed by atoms with Gasteiger partial charge in [-0.3, -0.25) is 4.79 Å². The van der Waals surface area contributed by atoms with Crippen LogP contribution >= 0.6 is 0 Å². The number of aliphatic hydroxyl groups is 1. The molecule has 0 spiro atoms. The fourth-order valence-corrected chi connectivity index (χ4v) is 2.09. The lowest BCUT2D eigenvalue weighted by Crippen LogP contribution is -2.40. The summed E-state index contributed by atoms with van der Waals surface area (Å²) in [7, 11) is 1.60. The number of carbonyl (C=O) groups is 1. The van der Waals surface area contributed by atoms with Crippen molar-refractivity contribution in [2.75, 3.05) is 20.3 Å². The topological polar surface area (TPSA) is 49.8 Å². The zero-order valence-corrected chi connectivity index (χ0v) is 12.1. The monoisotopic (exact) mass is 265 g/mol. The number of hydrogen-bond donors (Lipinski definition) is 1. The van der Waals surface area contributed by atoms with Gasteiger partial charge < -0.3 is 14.7 Å². The molecule has 1 amide bonds. The third kappa shape index (κ3) is 4.24. The van der Waals surface area contributed by atoms with Crippen LogP contribution in [0.15, 0.2) is 18.2 Å². The zero-order chi connectivity index (χ0) is 14.4. The van der Waals surface area contributed by atoms with E-state index in [0.29, 0.717) is 13.0 Å². The average molecular weight is 265 g/mol. The number of aryl methyl sites for hydroxylation is 1. The van der Waals surface area contributed by atoms with E-state index in [1.165, 1.54) is 0 Å². The van der Waals surface area contributed by atoms with Gasteiger partial charge in [0.2, 0.25) is 5.91 Å². The Labute approximate surface area is 115 Å². The van der Waals surface area contributed by atoms with E-state index in [2.05, 4.69) is 0 Å². The van der Waals surface area contributed by atoms with Crippen molar-refractivity contribution < 1.29 is 14.6 Å². The van der Waals surface area contributed by atoms with Gasteiger partial charge in [0.05, 0.1) is 20.1 Å². The normalized spacial score (nSPS) is 10.6. The van der Waals surface area contributed by atoms with Gasteiger partial charge in [-0.05, 0) is 26.8 Å². The Balaban J connectivity index is 2.88. The first-order valence-electron chi connectivity index (χ1n) is 6.53. The van der Waals surface area contributed by atoms with E-state index in [1.54, 1.807) is 12.0 Å². The molecule has 0 radical (unpaired) electrons. The minimum Gasteiger partial charge on any atom is -0.496 e. The first-order chi connectivity index (χ1) is 8.99. The molecule has 1 rings (SSSR count). The van der Waals surface area contributed by atoms with Crippen molar-refractivity contribution in [1.29, 1.82) is 0 Å². The van der Waals surface area contributed by atoms with Crippen molar-refractivity contribution in [3.63, 3.8) is 0 Å². The largest absolute Gasteiger partial charge is 0.496 e. The van der Waals surface area contributed by atoms with Gasteiger partial charge in [-0.1, -0.05) is 17.7 Å². The molecular weight excluding hydrogens is 242 g/mol. The molecule has 106 valence electrons. The number of ether oxygens (including phenoxy) is 1. The molecule has 0 aliphatic rings. The molecule has 0 saturated carbocycles. The van der Waals surface area contributed by atoms with Crippen LogP contribution in [-0.2, 0) is 11.2 Å². The van der Waals surface area contributed by atoms with Gasteiger partial charge in [-0.25, -0.2) is 0 Å². The highest BCUT2D eigenvalue weighted by Gasteiger charge is 2.18. The quantitative estimate of drug-likeness (QED) is 0.853. The number of carbonyl (C=O) groups excluding carboxylic acids is 1. The number of methoxy groups -OCH3 is 1. The molecule has 0 bridgehead atoms. The van der Waals surface area contributed by atoms with Crippen LogP contribution in [0.1, 0.15) is 25.0 Å². The second kappa shape index (κ2) is 7.14. The lowest BCUT2D eigenvalue weighted by atomic mass is 10.1. The summed E-state index contributed by atoms with van der Waals surface area (Å²) in [4.78, 5) is 14.0. The van der Waals surface area contributed by atoms with E-state index in [9.17, 15) is 4.79 Å². The van der Waals surface area contributed by atoms with Crippen LogP contribution in [0.3, 0.4) is 0 Å². The van der Waals surface area contributed by atoms with Crippen molar-refractivity contribution >= 4 is 5.91 Å². The van der Waals surface area contributed by atoms with E-state index in [1.807, 2.05) is 39.0 Å². The Bertz CT molecular complexity index is 429. The molecule has 4 heteroatoms. The predicted octanol–water partition coefficient (Wildman–Crippen LogP) is 1.78. The van der Waals surface area contributed by atoms with Gasteiger partial charge in [0.1, 0.15) is 5.75 Å². The molecule has 1 aromatic carbocycles. The molecule has 0 unspecified atom stereocenters. The van der Waals surface area contributed by atoms with Gasteiger partial charge >= 0.3 is 0 Å². The fourth-order valence-electron chi connectivity index (χ4n) is 2.09. The van der Waals surface area contributed by atoms with Crippen molar-refractivity contribution in [3.8, 4) is 5.75 Å². The van der Waals surface area contributed by atoms with Gasteiger partial charge in [0, 0.05) is 18.2 Å². The summed E-state index contributed by atoms with van der Waals surface area (Å²) in [5, 5.41) is 9.03. The van der Waals surface area contributed by atoms with E-state index in [-0.39, 0.29) is 18.6 Å². The minimum atomic E-state index is -0.0190. The van der Waals surface area contributed by atoms with Gasteiger partial charge in [-0.15, -0.1) is 0 Å². The molecule has 0 saturated heterocycles. The maximum atomic E-state index is 12.3. The summed E-state index contributed by atoms with van der Waals surface area (Å²) < 4.78 is 5.28. The van der Waals surface area contributed by atoms with Crippen LogP contribution in [0.5, 0.6) is 5.75 Å². The molecule has 4 nitrogen and oxygen atoms in total. The van der Waals surface area contributed by atoms with Crippen LogP contribution in [0.25, 0.3) is 0 Å². The maximum absolute atomic E-state index is 12.3. The lowest BCUT2D eigenvalue weighted by Gasteiger charge is -2.26.